The van der Waals surface area contributed by atoms with Crippen LogP contribution >= 0.6 is 24.0 Å². The van der Waals surface area contributed by atoms with Crippen LogP contribution in [0, 0.1) is 0 Å². The third-order valence-corrected chi connectivity index (χ3v) is 2.36. The Kier molecular flexibility index (Phi) is 9.27. The van der Waals surface area contributed by atoms with Crippen molar-refractivity contribution in [3.8, 4) is 5.75 Å². The molecule has 0 fully saturated rings. The number of hydrogen-bond acceptors (Lipinski definition) is 3. The van der Waals surface area contributed by atoms with E-state index in [2.05, 4.69) is 5.32 Å². The summed E-state index contributed by atoms with van der Waals surface area (Å²) in [5.74, 6) is 0.886. The van der Waals surface area contributed by atoms with Crippen LogP contribution in [0.1, 0.15) is 12.5 Å². The van der Waals surface area contributed by atoms with Crippen LogP contribution in [-0.4, -0.2) is 26.9 Å². The van der Waals surface area contributed by atoms with Gasteiger partial charge in [0.05, 0.1) is 13.2 Å². The predicted octanol–water partition coefficient (Wildman–Crippen LogP) is 2.90. The summed E-state index contributed by atoms with van der Waals surface area (Å²) in [6, 6.07) is 5.66. The van der Waals surface area contributed by atoms with Crippen molar-refractivity contribution >= 4 is 24.0 Å². The highest BCUT2D eigenvalue weighted by atomic mass is 35.5. The van der Waals surface area contributed by atoms with Gasteiger partial charge in [0.2, 0.25) is 0 Å². The summed E-state index contributed by atoms with van der Waals surface area (Å²) in [7, 11) is 1.69. The van der Waals surface area contributed by atoms with Gasteiger partial charge in [-0.25, -0.2) is 0 Å². The van der Waals surface area contributed by atoms with E-state index in [9.17, 15) is 0 Å². The van der Waals surface area contributed by atoms with E-state index in [1.807, 2.05) is 25.1 Å². The van der Waals surface area contributed by atoms with E-state index >= 15 is 0 Å². The standard InChI is InChI=1S/C12H18ClNO2.ClH/c1-3-16-12-5-4-11(13)8-10(12)9-14-6-7-15-2;/h4-5,8,14H,3,6-7,9H2,1-2H3;1H. The number of halogens is 2. The smallest absolute Gasteiger partial charge is 0.123 e. The fourth-order valence-electron chi connectivity index (χ4n) is 1.38. The third-order valence-electron chi connectivity index (χ3n) is 2.12. The van der Waals surface area contributed by atoms with Gasteiger partial charge >= 0.3 is 0 Å². The zero-order valence-corrected chi connectivity index (χ0v) is 11.7. The Labute approximate surface area is 114 Å². The average Bonchev–Trinajstić information content (AvgIpc) is 2.28. The van der Waals surface area contributed by atoms with Crippen molar-refractivity contribution < 1.29 is 9.47 Å². The minimum atomic E-state index is 0. The van der Waals surface area contributed by atoms with Gasteiger partial charge in [0, 0.05) is 30.8 Å². The maximum Gasteiger partial charge on any atom is 0.123 e. The highest BCUT2D eigenvalue weighted by Crippen LogP contribution is 2.22. The predicted molar refractivity (Wildman–Crippen MR) is 73.5 cm³/mol. The average molecular weight is 280 g/mol. The molecular formula is C12H19Cl2NO2. The molecule has 0 saturated heterocycles. The molecule has 17 heavy (non-hydrogen) atoms. The van der Waals surface area contributed by atoms with Gasteiger partial charge in [0.15, 0.2) is 0 Å². The van der Waals surface area contributed by atoms with Crippen molar-refractivity contribution in [1.29, 1.82) is 0 Å². The minimum Gasteiger partial charge on any atom is -0.494 e. The second-order valence-corrected chi connectivity index (χ2v) is 3.79. The Balaban J connectivity index is 0.00000256. The molecule has 0 spiro atoms. The number of methoxy groups -OCH3 is 1. The molecule has 1 aromatic rings. The molecule has 1 rings (SSSR count). The van der Waals surface area contributed by atoms with Gasteiger partial charge in [0.25, 0.3) is 0 Å². The molecule has 0 unspecified atom stereocenters. The molecule has 0 atom stereocenters. The van der Waals surface area contributed by atoms with Crippen molar-refractivity contribution in [3.05, 3.63) is 28.8 Å². The van der Waals surface area contributed by atoms with E-state index in [1.54, 1.807) is 7.11 Å². The number of ether oxygens (including phenoxy) is 2. The van der Waals surface area contributed by atoms with Crippen LogP contribution in [-0.2, 0) is 11.3 Å². The molecule has 0 aliphatic heterocycles. The maximum atomic E-state index is 5.95. The van der Waals surface area contributed by atoms with Gasteiger partial charge in [-0.15, -0.1) is 12.4 Å². The largest absolute Gasteiger partial charge is 0.494 e. The summed E-state index contributed by atoms with van der Waals surface area (Å²) in [5.41, 5.74) is 1.07. The molecule has 98 valence electrons. The van der Waals surface area contributed by atoms with Gasteiger partial charge < -0.3 is 14.8 Å². The van der Waals surface area contributed by atoms with E-state index in [1.165, 1.54) is 0 Å². The maximum absolute atomic E-state index is 5.95. The fraction of sp³-hybridized carbons (Fsp3) is 0.500. The van der Waals surface area contributed by atoms with Gasteiger partial charge in [-0.2, -0.15) is 0 Å². The van der Waals surface area contributed by atoms with Crippen molar-refractivity contribution in [1.82, 2.24) is 5.32 Å². The lowest BCUT2D eigenvalue weighted by atomic mass is 10.2. The molecular weight excluding hydrogens is 261 g/mol. The first-order chi connectivity index (χ1) is 7.77. The van der Waals surface area contributed by atoms with Crippen LogP contribution in [0.4, 0.5) is 0 Å². The van der Waals surface area contributed by atoms with Crippen molar-refractivity contribution in [2.24, 2.45) is 0 Å². The molecule has 0 radical (unpaired) electrons. The molecule has 0 amide bonds. The van der Waals surface area contributed by atoms with E-state index in [0.29, 0.717) is 13.2 Å². The highest BCUT2D eigenvalue weighted by Gasteiger charge is 2.03. The minimum absolute atomic E-state index is 0. The topological polar surface area (TPSA) is 30.5 Å². The number of nitrogens with one attached hydrogen (secondary N) is 1. The Morgan fingerprint density at radius 3 is 2.76 bits per heavy atom. The fourth-order valence-corrected chi connectivity index (χ4v) is 1.57. The summed E-state index contributed by atoms with van der Waals surface area (Å²) in [6.45, 7) is 4.88. The van der Waals surface area contributed by atoms with Crippen LogP contribution in [0.3, 0.4) is 0 Å². The van der Waals surface area contributed by atoms with Crippen LogP contribution in [0.5, 0.6) is 5.75 Å². The van der Waals surface area contributed by atoms with E-state index in [0.717, 1.165) is 29.4 Å². The van der Waals surface area contributed by atoms with Gasteiger partial charge in [-0.3, -0.25) is 0 Å². The monoisotopic (exact) mass is 279 g/mol. The van der Waals surface area contributed by atoms with Crippen molar-refractivity contribution in [3.63, 3.8) is 0 Å². The highest BCUT2D eigenvalue weighted by molar-refractivity contribution is 6.30. The van der Waals surface area contributed by atoms with Crippen molar-refractivity contribution in [2.45, 2.75) is 13.5 Å². The molecule has 0 aliphatic carbocycles. The van der Waals surface area contributed by atoms with Gasteiger partial charge in [0.1, 0.15) is 5.75 Å². The van der Waals surface area contributed by atoms with Crippen LogP contribution in [0.2, 0.25) is 5.02 Å². The number of hydrogen-bond donors (Lipinski definition) is 1. The Bertz CT molecular complexity index is 321. The quantitative estimate of drug-likeness (QED) is 0.779. The summed E-state index contributed by atoms with van der Waals surface area (Å²) in [5, 5.41) is 3.99. The second kappa shape index (κ2) is 9.54. The second-order valence-electron chi connectivity index (χ2n) is 3.35. The summed E-state index contributed by atoms with van der Waals surface area (Å²) < 4.78 is 10.5. The van der Waals surface area contributed by atoms with Crippen LogP contribution in [0.25, 0.3) is 0 Å². The molecule has 3 nitrogen and oxygen atoms in total. The molecule has 0 aliphatic rings. The summed E-state index contributed by atoms with van der Waals surface area (Å²) in [6.07, 6.45) is 0. The van der Waals surface area contributed by atoms with Gasteiger partial charge in [-0.1, -0.05) is 11.6 Å². The summed E-state index contributed by atoms with van der Waals surface area (Å²) >= 11 is 5.95. The van der Waals surface area contributed by atoms with E-state index in [4.69, 9.17) is 21.1 Å². The first kappa shape index (κ1) is 16.5. The van der Waals surface area contributed by atoms with Crippen LogP contribution in [0.15, 0.2) is 18.2 Å². The molecule has 0 heterocycles. The van der Waals surface area contributed by atoms with Crippen LogP contribution < -0.4 is 10.1 Å². The lowest BCUT2D eigenvalue weighted by Gasteiger charge is -2.11. The molecule has 1 N–H and O–H groups in total. The molecule has 0 saturated carbocycles. The summed E-state index contributed by atoms with van der Waals surface area (Å²) in [4.78, 5) is 0. The number of rotatable bonds is 7. The first-order valence-corrected chi connectivity index (χ1v) is 5.76. The third kappa shape index (κ3) is 6.13. The van der Waals surface area contributed by atoms with Crippen molar-refractivity contribution in [2.75, 3.05) is 26.9 Å². The lowest BCUT2D eigenvalue weighted by Crippen LogP contribution is -2.19. The molecule has 0 aromatic heterocycles. The zero-order chi connectivity index (χ0) is 11.8. The Morgan fingerprint density at radius 2 is 2.12 bits per heavy atom. The lowest BCUT2D eigenvalue weighted by molar-refractivity contribution is 0.199. The van der Waals surface area contributed by atoms with E-state index < -0.39 is 0 Å². The van der Waals surface area contributed by atoms with Gasteiger partial charge in [-0.05, 0) is 25.1 Å². The molecule has 0 bridgehead atoms. The normalized spacial score (nSPS) is 9.82. The number of benzene rings is 1. The Hall–Kier alpha value is -0.480. The Morgan fingerprint density at radius 1 is 1.35 bits per heavy atom. The van der Waals surface area contributed by atoms with E-state index in [-0.39, 0.29) is 12.4 Å². The SMILES string of the molecule is CCOc1ccc(Cl)cc1CNCCOC.Cl. The zero-order valence-electron chi connectivity index (χ0n) is 10.2. The molecule has 1 aromatic carbocycles. The molecule has 5 heteroatoms. The first-order valence-electron chi connectivity index (χ1n) is 5.38.